The molecule has 0 unspecified atom stereocenters. The van der Waals surface area contributed by atoms with Crippen LogP contribution in [0, 0.1) is 47.3 Å². The first-order chi connectivity index (χ1) is 57.7. The Hall–Kier alpha value is 2.74. The van der Waals surface area contributed by atoms with Gasteiger partial charge in [0.2, 0.25) is 5.91 Å². The summed E-state index contributed by atoms with van der Waals surface area (Å²) < 4.78 is 37.4. The number of amides is 1. The van der Waals surface area contributed by atoms with Crippen LogP contribution in [0.25, 0.3) is 0 Å². The standard InChI is InChI=1S/C18H38N2.C12H24N2O.C12H26N.2C11H24N.C9H20N.C6H12.C5H10O3S.5C5H10.CH4.7Fe/c1-19(2,15-17-9-5-6-10-17)13-14-20(3,4)16-18-11-7-8-12-18;1-14(2,3)10-6-9-13-12(15)11-7-4-5-8-11;1-4-5-10-13(2,3)11-12-8-6-7-9-12;2*1-12(2,3)10-6-9-11-7-4-5-8-11;1-10(2,3)8-9-6-4-5-7-9;1-6-4-2-3-5-6;6-9(7,8)5-3-1-2-4-5;5*1-2-4-5-3-1;;;;;;;;/h17-18H,5-16H2,1-4H3;11H,4-10H2,1-3H3;12H,4-11H2,1-3H3;2*11H,4-10H2,1-3H3;9H,4-8H2,1-3H3;6H,2-5H2,1H3;5H,1-4H2,(H,6,7,8);5*1-5H2;1H4;;;;;;;/q+2;;4*+1;;;;;;;;;;;;;;;/p+1. The molecule has 0 spiro atoms. The van der Waals surface area contributed by atoms with Crippen molar-refractivity contribution in [3.05, 3.63) is 0 Å². The van der Waals surface area contributed by atoms with Crippen LogP contribution < -0.4 is 5.32 Å². The van der Waals surface area contributed by atoms with E-state index in [1.165, 1.54) is 464 Å². The predicted molar refractivity (Wildman–Crippen MR) is 545 cm³/mol. The molecule has 0 radical (unpaired) electrons. The summed E-state index contributed by atoms with van der Waals surface area (Å²) in [6, 6.07) is 0. The normalized spacial score (nSPS) is 20.3. The summed E-state index contributed by atoms with van der Waals surface area (Å²) in [5.41, 5.74) is 0. The van der Waals surface area contributed by atoms with E-state index in [4.69, 9.17) is 4.55 Å². The molecule has 792 valence electrons. The molecule has 0 aromatic rings. The van der Waals surface area contributed by atoms with Crippen molar-refractivity contribution >= 4 is 16.0 Å². The third kappa shape index (κ3) is 91.9. The van der Waals surface area contributed by atoms with Gasteiger partial charge in [-0.05, 0) is 127 Å². The Morgan fingerprint density at radius 3 is 0.700 bits per heavy atom. The summed E-state index contributed by atoms with van der Waals surface area (Å²) in [5, 5.41) is 2.59. The molecule has 0 aromatic heterocycles. The first kappa shape index (κ1) is 146. The van der Waals surface area contributed by atoms with Gasteiger partial charge in [0.15, 0.2) is 0 Å². The third-order valence-corrected chi connectivity index (χ3v) is 31.2. The molecule has 0 aromatic carbocycles. The second-order valence-electron chi connectivity index (χ2n) is 48.9. The second-order valence-corrected chi connectivity index (χ2v) is 50.6. The van der Waals surface area contributed by atoms with Crippen LogP contribution in [0.5, 0.6) is 0 Å². The molecule has 1 amide bonds. The number of rotatable bonds is 28. The number of likely N-dealkylation sites (N-methyl/N-ethyl adjacent to an activating group) is 2. The van der Waals surface area contributed by atoms with E-state index in [9.17, 15) is 13.2 Å². The van der Waals surface area contributed by atoms with Crippen molar-refractivity contribution in [2.45, 2.75) is 463 Å². The van der Waals surface area contributed by atoms with Gasteiger partial charge in [0, 0.05) is 162 Å². The topological polar surface area (TPSA) is 83.5 Å². The molecular weight excluding hydrogens is 1920 g/mol. The number of carbonyl (C=O) groups is 1. The summed E-state index contributed by atoms with van der Waals surface area (Å²) in [4.78, 5) is 11.7. The Kier molecular flexibility index (Phi) is 97.7. The van der Waals surface area contributed by atoms with Gasteiger partial charge in [0.1, 0.15) is 13.1 Å². The number of nitrogens with one attached hydrogen (secondary N) is 1. The van der Waals surface area contributed by atoms with Crippen molar-refractivity contribution < 1.29 is 169 Å². The van der Waals surface area contributed by atoms with Gasteiger partial charge in [0.05, 0.1) is 184 Å². The third-order valence-electron chi connectivity index (χ3n) is 29.9. The molecule has 130 heavy (non-hydrogen) atoms. The van der Waals surface area contributed by atoms with Crippen LogP contribution in [0.15, 0.2) is 0 Å². The Morgan fingerprint density at radius 2 is 0.485 bits per heavy atom. The molecule has 14 aliphatic rings. The molecular formula is C110H233Fe7N8O4S+7. The smallest absolute Gasteiger partial charge is 0.267 e. The van der Waals surface area contributed by atoms with Gasteiger partial charge < -0.3 is 36.7 Å². The van der Waals surface area contributed by atoms with Crippen LogP contribution in [0.3, 0.4) is 0 Å². The molecule has 14 fully saturated rings. The monoisotopic (exact) mass is 2150 g/mol. The first-order valence-electron chi connectivity index (χ1n) is 54.6. The van der Waals surface area contributed by atoms with Gasteiger partial charge in [-0.15, -0.1) is 0 Å². The van der Waals surface area contributed by atoms with E-state index in [0.29, 0.717) is 18.8 Å². The Bertz CT molecular complexity index is 2320. The largest absolute Gasteiger partial charge is 0.356 e. The number of unbranched alkanes of at least 4 members (excludes halogenated alkanes) is 1. The minimum atomic E-state index is -3.70. The zero-order valence-electron chi connectivity index (χ0n) is 89.7. The molecule has 0 heterocycles. The van der Waals surface area contributed by atoms with Crippen LogP contribution >= 0.6 is 0 Å². The van der Waals surface area contributed by atoms with E-state index in [0.717, 1.165) is 105 Å². The molecule has 2 N–H and O–H groups in total. The fourth-order valence-corrected chi connectivity index (χ4v) is 23.1. The number of quaternary nitrogens is 7. The Morgan fingerprint density at radius 1 is 0.269 bits per heavy atom. The molecule has 14 rings (SSSR count). The number of hydrogen-bond donors (Lipinski definition) is 2. The van der Waals surface area contributed by atoms with Crippen LogP contribution in [-0.4, -0.2) is 254 Å². The second kappa shape index (κ2) is 87.2. The molecule has 12 nitrogen and oxygen atoms in total. The van der Waals surface area contributed by atoms with E-state index < -0.39 is 15.4 Å². The molecule has 0 bridgehead atoms. The van der Waals surface area contributed by atoms with Gasteiger partial charge >= 0.3 is 0 Å². The SMILES string of the molecule is C.C1CCCC1.C1CCCC1.C1CCCC1.C1CCCC1.C1CCCC1.CC1CCCC1.CCCC[N+](C)(C)CC1CCCC1.C[N+](C)(C)CC1CCCC1.C[N+](C)(C)CCCC1CCCC1.C[N+](C)(C)CCCC1CCCC1.C[N+](C)(C)CCCNC(=O)C1CCCC1.C[N+](C)(CC[N+](C)(C)CC1CCCC1)CC1CCCC1.O=S(=O)(O)C1CCCC1.[Fe].[Fe].[Fe].[Fe].[Fe].[Fe].[Fe]. The van der Waals surface area contributed by atoms with Crippen molar-refractivity contribution in [1.82, 2.24) is 5.32 Å². The maximum Gasteiger partial charge on any atom is 0.267 e. The Balaban J connectivity index is -0.000000256. The predicted octanol–water partition coefficient (Wildman–Crippen LogP) is 28.6. The van der Waals surface area contributed by atoms with Crippen molar-refractivity contribution in [3.8, 4) is 0 Å². The summed E-state index contributed by atoms with van der Waals surface area (Å²) in [6.45, 7) is 18.9. The van der Waals surface area contributed by atoms with Gasteiger partial charge in [-0.3, -0.25) is 9.35 Å². The first-order valence-corrected chi connectivity index (χ1v) is 56.1. The van der Waals surface area contributed by atoms with Crippen LogP contribution in [0.1, 0.15) is 458 Å². The zero-order valence-corrected chi connectivity index (χ0v) is 98.3. The van der Waals surface area contributed by atoms with Crippen molar-refractivity contribution in [2.24, 2.45) is 47.3 Å². The molecule has 14 saturated carbocycles. The molecule has 14 aliphatic carbocycles. The van der Waals surface area contributed by atoms with E-state index in [-0.39, 0.29) is 133 Å². The minimum absolute atomic E-state index is 0. The van der Waals surface area contributed by atoms with E-state index in [1.54, 1.807) is 0 Å². The average molecular weight is 2160 g/mol. The summed E-state index contributed by atoms with van der Waals surface area (Å²) in [7, 11) is 38.0. The minimum Gasteiger partial charge on any atom is -0.356 e. The number of nitrogens with zero attached hydrogens (tertiary/aromatic N) is 7. The van der Waals surface area contributed by atoms with E-state index in [1.807, 2.05) is 0 Å². The number of carbonyl (C=O) groups excluding carboxylic acids is 1. The maximum atomic E-state index is 11.7. The zero-order chi connectivity index (χ0) is 90.3. The van der Waals surface area contributed by atoms with E-state index in [2.05, 4.69) is 146 Å². The molecule has 0 atom stereocenters. The fraction of sp³-hybridized carbons (Fsp3) is 0.991. The quantitative estimate of drug-likeness (QED) is 0.0354. The van der Waals surface area contributed by atoms with Crippen LogP contribution in [0.2, 0.25) is 0 Å². The fourth-order valence-electron chi connectivity index (χ4n) is 22.2. The summed E-state index contributed by atoms with van der Waals surface area (Å²) in [5.74, 6) is 7.89. The van der Waals surface area contributed by atoms with E-state index >= 15 is 0 Å². The summed E-state index contributed by atoms with van der Waals surface area (Å²) in [6.07, 6.45) is 96.6. The summed E-state index contributed by atoms with van der Waals surface area (Å²) >= 11 is 0. The molecule has 0 aliphatic heterocycles. The maximum absolute atomic E-state index is 11.7. The Labute approximate surface area is 891 Å². The van der Waals surface area contributed by atoms with Gasteiger partial charge in [0.25, 0.3) is 10.1 Å². The van der Waals surface area contributed by atoms with Crippen LogP contribution in [-0.2, 0) is 134 Å². The van der Waals surface area contributed by atoms with Crippen LogP contribution in [0.4, 0.5) is 0 Å². The van der Waals surface area contributed by atoms with Gasteiger partial charge in [-0.25, -0.2) is 0 Å². The number of hydrogen-bond acceptors (Lipinski definition) is 3. The van der Waals surface area contributed by atoms with Gasteiger partial charge in [-0.1, -0.05) is 342 Å². The van der Waals surface area contributed by atoms with Gasteiger partial charge in [-0.2, -0.15) is 8.42 Å². The molecule has 0 saturated heterocycles. The van der Waals surface area contributed by atoms with Crippen molar-refractivity contribution in [2.75, 3.05) is 199 Å². The average Bonchev–Trinajstić information content (AvgIpc) is 1.51. The molecule has 20 heteroatoms. The van der Waals surface area contributed by atoms with Crippen molar-refractivity contribution in [3.63, 3.8) is 0 Å². The van der Waals surface area contributed by atoms with Crippen molar-refractivity contribution in [1.29, 1.82) is 0 Å².